The zero-order chi connectivity index (χ0) is 12.5. The van der Waals surface area contributed by atoms with Gasteiger partial charge in [-0.25, -0.2) is 0 Å². The van der Waals surface area contributed by atoms with Crippen molar-refractivity contribution in [3.05, 3.63) is 27.4 Å². The molecule has 0 unspecified atom stereocenters. The number of hydrogen-bond donors (Lipinski definition) is 1. The van der Waals surface area contributed by atoms with E-state index >= 15 is 0 Å². The third kappa shape index (κ3) is 2.41. The van der Waals surface area contributed by atoms with Crippen LogP contribution in [0, 0.1) is 10.7 Å². The van der Waals surface area contributed by atoms with Gasteiger partial charge in [-0.2, -0.15) is 0 Å². The summed E-state index contributed by atoms with van der Waals surface area (Å²) in [5.41, 5.74) is 2.36. The molecule has 18 heavy (non-hydrogen) atoms. The van der Waals surface area contributed by atoms with Crippen LogP contribution in [-0.2, 0) is 6.54 Å². The van der Waals surface area contributed by atoms with Crippen molar-refractivity contribution in [3.63, 3.8) is 0 Å². The van der Waals surface area contributed by atoms with Crippen molar-refractivity contribution in [1.82, 2.24) is 9.55 Å². The van der Waals surface area contributed by atoms with Gasteiger partial charge in [-0.1, -0.05) is 35.2 Å². The van der Waals surface area contributed by atoms with Gasteiger partial charge in [0, 0.05) is 11.0 Å². The zero-order valence-corrected chi connectivity index (χ0v) is 12.7. The van der Waals surface area contributed by atoms with E-state index in [9.17, 15) is 0 Å². The van der Waals surface area contributed by atoms with E-state index in [1.807, 2.05) is 0 Å². The van der Waals surface area contributed by atoms with Crippen LogP contribution in [0.5, 0.6) is 0 Å². The fourth-order valence-electron chi connectivity index (χ4n) is 2.95. The van der Waals surface area contributed by atoms with Crippen molar-refractivity contribution in [3.8, 4) is 0 Å². The molecule has 1 N–H and O–H groups in total. The predicted octanol–water partition coefficient (Wildman–Crippen LogP) is 5.04. The van der Waals surface area contributed by atoms with Gasteiger partial charge in [-0.3, -0.25) is 0 Å². The number of aromatic amines is 1. The largest absolute Gasteiger partial charge is 0.331 e. The van der Waals surface area contributed by atoms with E-state index in [0.29, 0.717) is 0 Å². The summed E-state index contributed by atoms with van der Waals surface area (Å²) in [6.07, 6.45) is 6.87. The zero-order valence-electron chi connectivity index (χ0n) is 10.3. The summed E-state index contributed by atoms with van der Waals surface area (Å²) < 4.78 is 4.22. The number of fused-ring (bicyclic) bond motifs is 1. The minimum absolute atomic E-state index is 0.799. The molecule has 96 valence electrons. The smallest absolute Gasteiger partial charge is 0.178 e. The average molecular weight is 325 g/mol. The third-order valence-electron chi connectivity index (χ3n) is 3.90. The standard InChI is InChI=1S/C14H17BrN2S/c15-11-6-7-13-12(8-11)16-14(18)17(13)9-10-4-2-1-3-5-10/h6-8,10H,1-5,9H2,(H,16,18). The molecule has 1 aliphatic rings. The molecule has 1 aromatic heterocycles. The summed E-state index contributed by atoms with van der Waals surface area (Å²) in [6, 6.07) is 6.33. The summed E-state index contributed by atoms with van der Waals surface area (Å²) >= 11 is 8.96. The Kier molecular flexibility index (Phi) is 3.57. The maximum absolute atomic E-state index is 5.46. The molecule has 0 bridgehead atoms. The molecule has 0 spiro atoms. The first-order valence-corrected chi connectivity index (χ1v) is 7.82. The van der Waals surface area contributed by atoms with Crippen LogP contribution in [0.2, 0.25) is 0 Å². The van der Waals surface area contributed by atoms with E-state index in [0.717, 1.165) is 27.2 Å². The number of hydrogen-bond acceptors (Lipinski definition) is 1. The first-order chi connectivity index (χ1) is 8.74. The minimum atomic E-state index is 0.799. The number of benzene rings is 1. The summed E-state index contributed by atoms with van der Waals surface area (Å²) in [5.74, 6) is 0.799. The topological polar surface area (TPSA) is 20.7 Å². The molecule has 0 atom stereocenters. The number of imidazole rings is 1. The van der Waals surface area contributed by atoms with Crippen molar-refractivity contribution < 1.29 is 0 Å². The van der Waals surface area contributed by atoms with Crippen LogP contribution < -0.4 is 0 Å². The Hall–Kier alpha value is -0.610. The second-order valence-corrected chi connectivity index (χ2v) is 6.51. The summed E-state index contributed by atoms with van der Waals surface area (Å²) in [7, 11) is 0. The van der Waals surface area contributed by atoms with E-state index in [1.54, 1.807) is 0 Å². The fourth-order valence-corrected chi connectivity index (χ4v) is 3.59. The molecule has 0 radical (unpaired) electrons. The molecule has 3 rings (SSSR count). The number of H-pyrrole nitrogens is 1. The highest BCUT2D eigenvalue weighted by Gasteiger charge is 2.15. The molecular weight excluding hydrogens is 308 g/mol. The lowest BCUT2D eigenvalue weighted by Gasteiger charge is -2.22. The first-order valence-electron chi connectivity index (χ1n) is 6.62. The molecule has 1 heterocycles. The number of halogens is 1. The summed E-state index contributed by atoms with van der Waals surface area (Å²) in [5, 5.41) is 0. The fraction of sp³-hybridized carbons (Fsp3) is 0.500. The van der Waals surface area contributed by atoms with Crippen molar-refractivity contribution in [2.45, 2.75) is 38.6 Å². The van der Waals surface area contributed by atoms with Gasteiger partial charge in [0.2, 0.25) is 0 Å². The number of nitrogens with zero attached hydrogens (tertiary/aromatic N) is 1. The monoisotopic (exact) mass is 324 g/mol. The average Bonchev–Trinajstić information content (AvgIpc) is 2.66. The molecule has 1 fully saturated rings. The van der Waals surface area contributed by atoms with Gasteiger partial charge in [0.25, 0.3) is 0 Å². The van der Waals surface area contributed by atoms with Crippen LogP contribution in [0.4, 0.5) is 0 Å². The Morgan fingerprint density at radius 2 is 2.06 bits per heavy atom. The van der Waals surface area contributed by atoms with Crippen molar-refractivity contribution >= 4 is 39.2 Å². The molecule has 1 aliphatic carbocycles. The third-order valence-corrected chi connectivity index (χ3v) is 4.72. The van der Waals surface area contributed by atoms with E-state index < -0.39 is 0 Å². The van der Waals surface area contributed by atoms with Crippen LogP contribution >= 0.6 is 28.1 Å². The van der Waals surface area contributed by atoms with Gasteiger partial charge in [0.05, 0.1) is 11.0 Å². The van der Waals surface area contributed by atoms with Crippen LogP contribution in [0.3, 0.4) is 0 Å². The predicted molar refractivity (Wildman–Crippen MR) is 81.4 cm³/mol. The van der Waals surface area contributed by atoms with Crippen molar-refractivity contribution in [2.24, 2.45) is 5.92 Å². The van der Waals surface area contributed by atoms with Gasteiger partial charge >= 0.3 is 0 Å². The van der Waals surface area contributed by atoms with Crippen molar-refractivity contribution in [2.75, 3.05) is 0 Å². The van der Waals surface area contributed by atoms with Crippen LogP contribution in [-0.4, -0.2) is 9.55 Å². The van der Waals surface area contributed by atoms with E-state index in [1.165, 1.54) is 37.6 Å². The SMILES string of the molecule is S=c1[nH]c2cc(Br)ccc2n1CC1CCCCC1. The Morgan fingerprint density at radius 1 is 1.28 bits per heavy atom. The molecule has 2 aromatic rings. The Labute approximate surface area is 121 Å². The van der Waals surface area contributed by atoms with Crippen molar-refractivity contribution in [1.29, 1.82) is 0 Å². The summed E-state index contributed by atoms with van der Waals surface area (Å²) in [4.78, 5) is 3.31. The second kappa shape index (κ2) is 5.17. The van der Waals surface area contributed by atoms with Gasteiger partial charge in [0.15, 0.2) is 4.77 Å². The van der Waals surface area contributed by atoms with E-state index in [2.05, 4.69) is 43.7 Å². The van der Waals surface area contributed by atoms with Crippen LogP contribution in [0.15, 0.2) is 22.7 Å². The number of aromatic nitrogens is 2. The van der Waals surface area contributed by atoms with Gasteiger partial charge < -0.3 is 9.55 Å². The Morgan fingerprint density at radius 3 is 2.83 bits per heavy atom. The highest BCUT2D eigenvalue weighted by molar-refractivity contribution is 9.10. The summed E-state index contributed by atoms with van der Waals surface area (Å²) in [6.45, 7) is 1.07. The minimum Gasteiger partial charge on any atom is -0.331 e. The quantitative estimate of drug-likeness (QED) is 0.767. The maximum Gasteiger partial charge on any atom is 0.178 e. The van der Waals surface area contributed by atoms with E-state index in [-0.39, 0.29) is 0 Å². The molecule has 4 heteroatoms. The van der Waals surface area contributed by atoms with Gasteiger partial charge in [0.1, 0.15) is 0 Å². The maximum atomic E-state index is 5.46. The molecule has 2 nitrogen and oxygen atoms in total. The first kappa shape index (κ1) is 12.4. The number of rotatable bonds is 2. The Balaban J connectivity index is 1.95. The Bertz CT molecular complexity index is 608. The van der Waals surface area contributed by atoms with Crippen LogP contribution in [0.25, 0.3) is 11.0 Å². The molecule has 0 saturated heterocycles. The lowest BCUT2D eigenvalue weighted by Crippen LogP contribution is -2.14. The van der Waals surface area contributed by atoms with E-state index in [4.69, 9.17) is 12.2 Å². The number of nitrogens with one attached hydrogen (secondary N) is 1. The van der Waals surface area contributed by atoms with Gasteiger partial charge in [-0.05, 0) is 49.2 Å². The second-order valence-electron chi connectivity index (χ2n) is 5.21. The molecule has 0 amide bonds. The molecular formula is C14H17BrN2S. The normalized spacial score (nSPS) is 17.4. The lowest BCUT2D eigenvalue weighted by atomic mass is 9.89. The highest BCUT2D eigenvalue weighted by Crippen LogP contribution is 2.27. The highest BCUT2D eigenvalue weighted by atomic mass is 79.9. The van der Waals surface area contributed by atoms with Crippen LogP contribution in [0.1, 0.15) is 32.1 Å². The molecule has 1 saturated carbocycles. The molecule has 0 aliphatic heterocycles. The van der Waals surface area contributed by atoms with Gasteiger partial charge in [-0.15, -0.1) is 0 Å². The molecule has 1 aromatic carbocycles. The lowest BCUT2D eigenvalue weighted by molar-refractivity contribution is 0.321.